The number of allylic oxidation sites excluding steroid dienone is 2. The molecule has 4 aliphatic carbocycles. The molecule has 0 spiro atoms. The maximum Gasteiger partial charge on any atom is 0.184 e. The number of rotatable bonds is 8. The van der Waals surface area contributed by atoms with Gasteiger partial charge in [0.2, 0.25) is 0 Å². The highest BCUT2D eigenvalue weighted by atomic mass is 16.7. The minimum Gasteiger partial charge on any atom is -0.393 e. The first-order valence-corrected chi connectivity index (χ1v) is 22.2. The molecule has 53 heavy (non-hydrogen) atoms. The molecule has 0 aromatic rings. The van der Waals surface area contributed by atoms with Crippen molar-refractivity contribution < 1.29 is 29.2 Å². The monoisotopic (exact) mass is 743 g/mol. The van der Waals surface area contributed by atoms with Gasteiger partial charge in [-0.05, 0) is 154 Å². The van der Waals surface area contributed by atoms with Crippen LogP contribution in [0.25, 0.3) is 0 Å². The lowest BCUT2D eigenvalue weighted by atomic mass is 9.35. The molecule has 2 aliphatic heterocycles. The van der Waals surface area contributed by atoms with Crippen LogP contribution in [0, 0.1) is 80.8 Å². The third-order valence-electron chi connectivity index (χ3n) is 18.7. The number of fused-ring (bicyclic) bond motifs is 5. The van der Waals surface area contributed by atoms with Gasteiger partial charge in [0.15, 0.2) is 12.6 Å². The van der Waals surface area contributed by atoms with Crippen LogP contribution in [-0.4, -0.2) is 59.4 Å². The van der Waals surface area contributed by atoms with Crippen LogP contribution in [0.3, 0.4) is 0 Å². The van der Waals surface area contributed by atoms with Gasteiger partial charge in [0, 0.05) is 5.92 Å². The maximum atomic E-state index is 12.4. The molecule has 21 atom stereocenters. The van der Waals surface area contributed by atoms with E-state index in [2.05, 4.69) is 110 Å². The van der Waals surface area contributed by atoms with Crippen molar-refractivity contribution >= 4 is 0 Å². The third kappa shape index (κ3) is 6.87. The number of hydrogen-bond acceptors (Lipinski definition) is 6. The van der Waals surface area contributed by atoms with E-state index in [0.29, 0.717) is 53.8 Å². The summed E-state index contributed by atoms with van der Waals surface area (Å²) in [4.78, 5) is 0. The molecule has 6 nitrogen and oxygen atoms in total. The molecule has 4 saturated carbocycles. The average Bonchev–Trinajstić information content (AvgIpc) is 3.45. The van der Waals surface area contributed by atoms with Gasteiger partial charge < -0.3 is 29.2 Å². The normalized spacial score (nSPS) is 54.3. The Labute approximate surface area is 325 Å². The summed E-state index contributed by atoms with van der Waals surface area (Å²) in [5, 5.41) is 24.6. The number of ether oxygens (including phenoxy) is 4. The van der Waals surface area contributed by atoms with Gasteiger partial charge in [-0.1, -0.05) is 87.8 Å². The van der Waals surface area contributed by atoms with Crippen LogP contribution in [0.4, 0.5) is 0 Å². The van der Waals surface area contributed by atoms with Gasteiger partial charge in [-0.25, -0.2) is 0 Å². The Kier molecular flexibility index (Phi) is 11.9. The van der Waals surface area contributed by atoms with Crippen LogP contribution in [0.5, 0.6) is 0 Å². The van der Waals surface area contributed by atoms with Gasteiger partial charge in [0.05, 0.1) is 30.5 Å². The minimum absolute atomic E-state index is 0.0181. The SMILES string of the molecule is CC(C)=CCCC(C)C1CC[C@]2(C)C1[C@H](O)CC1[C@@]3(C)CC(O)C(O[C@@H]4OC(C)[C@@H](C)[C@@H](C)C4O[C@@H]4OC(C)[C@@H](C)[C@@H](C)C4C)C(C)(C)C3CC[C@]12C. The smallest absolute Gasteiger partial charge is 0.184 e. The van der Waals surface area contributed by atoms with E-state index in [0.717, 1.165) is 19.3 Å². The summed E-state index contributed by atoms with van der Waals surface area (Å²) in [6.07, 6.45) is 8.61. The fourth-order valence-electron chi connectivity index (χ4n) is 14.4. The predicted molar refractivity (Wildman–Crippen MR) is 214 cm³/mol. The Balaban J connectivity index is 1.23. The first-order valence-electron chi connectivity index (χ1n) is 22.2. The summed E-state index contributed by atoms with van der Waals surface area (Å²) >= 11 is 0. The second-order valence-corrected chi connectivity index (χ2v) is 21.8. The number of aliphatic hydroxyl groups is 2. The molecule has 6 rings (SSSR count). The Bertz CT molecular complexity index is 1310. The van der Waals surface area contributed by atoms with Crippen molar-refractivity contribution in [1.29, 1.82) is 0 Å². The lowest BCUT2D eigenvalue weighted by Crippen LogP contribution is -2.69. The first-order chi connectivity index (χ1) is 24.6. The second-order valence-electron chi connectivity index (χ2n) is 21.8. The van der Waals surface area contributed by atoms with E-state index >= 15 is 0 Å². The van der Waals surface area contributed by atoms with Crippen molar-refractivity contribution in [1.82, 2.24) is 0 Å². The van der Waals surface area contributed by atoms with Crippen molar-refractivity contribution in [3.63, 3.8) is 0 Å². The van der Waals surface area contributed by atoms with Crippen molar-refractivity contribution in [2.75, 3.05) is 0 Å². The molecule has 2 N–H and O–H groups in total. The largest absolute Gasteiger partial charge is 0.393 e. The number of hydrogen-bond donors (Lipinski definition) is 2. The molecule has 0 amide bonds. The zero-order valence-electron chi connectivity index (χ0n) is 36.7. The average molecular weight is 743 g/mol. The van der Waals surface area contributed by atoms with Gasteiger partial charge in [-0.3, -0.25) is 0 Å². The maximum absolute atomic E-state index is 12.4. The molecular weight excluding hydrogens is 661 g/mol. The van der Waals surface area contributed by atoms with E-state index in [1.54, 1.807) is 0 Å². The van der Waals surface area contributed by atoms with Crippen LogP contribution in [0.2, 0.25) is 0 Å². The molecule has 6 aliphatic rings. The van der Waals surface area contributed by atoms with Crippen LogP contribution in [0.15, 0.2) is 11.6 Å². The molecule has 2 heterocycles. The number of aliphatic hydroxyl groups excluding tert-OH is 2. The van der Waals surface area contributed by atoms with Gasteiger partial charge in [-0.2, -0.15) is 0 Å². The summed E-state index contributed by atoms with van der Waals surface area (Å²) < 4.78 is 27.4. The molecule has 2 saturated heterocycles. The van der Waals surface area contributed by atoms with Crippen molar-refractivity contribution in [3.8, 4) is 0 Å². The Morgan fingerprint density at radius 2 is 1.34 bits per heavy atom. The lowest BCUT2D eigenvalue weighted by molar-refractivity contribution is -0.360. The van der Waals surface area contributed by atoms with E-state index in [1.807, 2.05) is 0 Å². The fourth-order valence-corrected chi connectivity index (χ4v) is 14.4. The minimum atomic E-state index is -0.636. The molecule has 306 valence electrons. The van der Waals surface area contributed by atoms with E-state index in [4.69, 9.17) is 18.9 Å². The van der Waals surface area contributed by atoms with Gasteiger partial charge in [-0.15, -0.1) is 0 Å². The molecule has 0 radical (unpaired) electrons. The van der Waals surface area contributed by atoms with Crippen molar-refractivity contribution in [2.45, 2.75) is 204 Å². The molecule has 6 heteroatoms. The van der Waals surface area contributed by atoms with Crippen molar-refractivity contribution in [3.05, 3.63) is 11.6 Å². The standard InChI is InChI=1S/C47H82O6/c1-25(2)17-16-18-26(3)34-19-21-47(15)39(34)35(48)23-38-45(13)24-36(49)41(44(11,12)37(45)20-22-46(38,47)14)53-43-40(30(7)29(6)33(10)51-43)52-42-31(8)27(4)28(5)32(9)50-42/h17,26-43,48-49H,16,18-24H2,1-15H3/t26?,27-,28+,29+,30-,31?,32?,33?,34?,35-,36?,37?,38?,39?,40?,41?,42+,43+,45+,46-,47-/m1/s1. The van der Waals surface area contributed by atoms with E-state index in [9.17, 15) is 10.2 Å². The van der Waals surface area contributed by atoms with Crippen LogP contribution < -0.4 is 0 Å². The van der Waals surface area contributed by atoms with Crippen LogP contribution >= 0.6 is 0 Å². The highest BCUT2D eigenvalue weighted by molar-refractivity contribution is 5.20. The second kappa shape index (κ2) is 15.0. The van der Waals surface area contributed by atoms with Crippen LogP contribution in [0.1, 0.15) is 155 Å². The summed E-state index contributed by atoms with van der Waals surface area (Å²) in [7, 11) is 0. The zero-order chi connectivity index (χ0) is 39.2. The van der Waals surface area contributed by atoms with Crippen LogP contribution in [-0.2, 0) is 18.9 Å². The van der Waals surface area contributed by atoms with Gasteiger partial charge in [0.25, 0.3) is 0 Å². The highest BCUT2D eigenvalue weighted by Crippen LogP contribution is 2.75. The molecule has 0 bridgehead atoms. The molecule has 0 aromatic heterocycles. The quantitative estimate of drug-likeness (QED) is 0.190. The zero-order valence-corrected chi connectivity index (χ0v) is 36.7. The summed E-state index contributed by atoms with van der Waals surface area (Å²) in [6.45, 7) is 34.9. The topological polar surface area (TPSA) is 77.4 Å². The summed E-state index contributed by atoms with van der Waals surface area (Å²) in [5.74, 6) is 3.95. The Morgan fingerprint density at radius 3 is 1.98 bits per heavy atom. The Hall–Kier alpha value is -0.500. The van der Waals surface area contributed by atoms with E-state index in [-0.39, 0.29) is 70.3 Å². The fraction of sp³-hybridized carbons (Fsp3) is 0.957. The summed E-state index contributed by atoms with van der Waals surface area (Å²) in [5.41, 5.74) is 1.21. The third-order valence-corrected chi connectivity index (χ3v) is 18.7. The van der Waals surface area contributed by atoms with Gasteiger partial charge >= 0.3 is 0 Å². The van der Waals surface area contributed by atoms with Gasteiger partial charge in [0.1, 0.15) is 6.10 Å². The van der Waals surface area contributed by atoms with Crippen molar-refractivity contribution in [2.24, 2.45) is 80.8 Å². The van der Waals surface area contributed by atoms with E-state index < -0.39 is 12.4 Å². The summed E-state index contributed by atoms with van der Waals surface area (Å²) in [6, 6.07) is 0. The first kappa shape index (κ1) is 42.1. The predicted octanol–water partition coefficient (Wildman–Crippen LogP) is 10.4. The molecular formula is C47H82O6. The Morgan fingerprint density at radius 1 is 0.736 bits per heavy atom. The molecule has 0 aromatic carbocycles. The van der Waals surface area contributed by atoms with E-state index in [1.165, 1.54) is 31.3 Å². The highest BCUT2D eigenvalue weighted by Gasteiger charge is 2.71. The molecule has 11 unspecified atom stereocenters. The lowest BCUT2D eigenvalue weighted by Gasteiger charge is -2.71. The molecule has 6 fully saturated rings.